The SMILES string of the molecule is Cc1cn(CC(C#N)n2ccnc2C)c(-c2ccccc2)n1. The topological polar surface area (TPSA) is 59.4 Å². The molecular weight excluding hydrogens is 274 g/mol. The van der Waals surface area contributed by atoms with Crippen LogP contribution in [0.3, 0.4) is 0 Å². The van der Waals surface area contributed by atoms with Gasteiger partial charge in [0.2, 0.25) is 0 Å². The second kappa shape index (κ2) is 5.86. The summed E-state index contributed by atoms with van der Waals surface area (Å²) in [5.41, 5.74) is 1.99. The molecule has 1 unspecified atom stereocenters. The Morgan fingerprint density at radius 3 is 2.64 bits per heavy atom. The van der Waals surface area contributed by atoms with Gasteiger partial charge in [-0.2, -0.15) is 5.26 Å². The van der Waals surface area contributed by atoms with Gasteiger partial charge in [-0.25, -0.2) is 9.97 Å². The molecule has 5 heteroatoms. The quantitative estimate of drug-likeness (QED) is 0.742. The van der Waals surface area contributed by atoms with E-state index in [0.717, 1.165) is 22.9 Å². The van der Waals surface area contributed by atoms with Crippen molar-refractivity contribution in [2.24, 2.45) is 0 Å². The molecule has 0 aliphatic heterocycles. The smallest absolute Gasteiger partial charge is 0.140 e. The summed E-state index contributed by atoms with van der Waals surface area (Å²) in [6.45, 7) is 4.41. The van der Waals surface area contributed by atoms with Gasteiger partial charge in [0, 0.05) is 24.2 Å². The van der Waals surface area contributed by atoms with E-state index in [1.54, 1.807) is 6.20 Å². The van der Waals surface area contributed by atoms with Crippen molar-refractivity contribution in [2.75, 3.05) is 0 Å². The lowest BCUT2D eigenvalue weighted by Crippen LogP contribution is -2.15. The number of hydrogen-bond donors (Lipinski definition) is 0. The van der Waals surface area contributed by atoms with Gasteiger partial charge in [-0.1, -0.05) is 30.3 Å². The number of aryl methyl sites for hydroxylation is 2. The minimum atomic E-state index is -0.307. The van der Waals surface area contributed by atoms with Gasteiger partial charge >= 0.3 is 0 Å². The molecule has 5 nitrogen and oxygen atoms in total. The van der Waals surface area contributed by atoms with Crippen molar-refractivity contribution >= 4 is 0 Å². The highest BCUT2D eigenvalue weighted by molar-refractivity contribution is 5.55. The first-order chi connectivity index (χ1) is 10.7. The highest BCUT2D eigenvalue weighted by Gasteiger charge is 2.16. The largest absolute Gasteiger partial charge is 0.328 e. The van der Waals surface area contributed by atoms with Crippen LogP contribution in [-0.4, -0.2) is 19.1 Å². The van der Waals surface area contributed by atoms with Crippen LogP contribution in [-0.2, 0) is 6.54 Å². The van der Waals surface area contributed by atoms with Crippen LogP contribution < -0.4 is 0 Å². The Labute approximate surface area is 129 Å². The van der Waals surface area contributed by atoms with Gasteiger partial charge in [-0.3, -0.25) is 0 Å². The third kappa shape index (κ3) is 2.63. The van der Waals surface area contributed by atoms with E-state index in [2.05, 4.69) is 16.0 Å². The van der Waals surface area contributed by atoms with Crippen LogP contribution in [0.2, 0.25) is 0 Å². The summed E-state index contributed by atoms with van der Waals surface area (Å²) in [7, 11) is 0. The Balaban J connectivity index is 1.96. The summed E-state index contributed by atoms with van der Waals surface area (Å²) >= 11 is 0. The predicted octanol–water partition coefficient (Wildman–Crippen LogP) is 3.13. The fourth-order valence-corrected chi connectivity index (χ4v) is 2.60. The Morgan fingerprint density at radius 2 is 2.00 bits per heavy atom. The van der Waals surface area contributed by atoms with Gasteiger partial charge in [0.05, 0.1) is 18.3 Å². The molecule has 0 saturated carbocycles. The first-order valence-corrected chi connectivity index (χ1v) is 7.17. The average Bonchev–Trinajstić information content (AvgIpc) is 3.11. The molecule has 3 aromatic rings. The summed E-state index contributed by atoms with van der Waals surface area (Å²) in [5, 5.41) is 9.52. The molecular formula is C17H17N5. The molecule has 0 fully saturated rings. The van der Waals surface area contributed by atoms with E-state index in [-0.39, 0.29) is 6.04 Å². The minimum Gasteiger partial charge on any atom is -0.328 e. The van der Waals surface area contributed by atoms with Gasteiger partial charge in [-0.15, -0.1) is 0 Å². The zero-order valence-electron chi connectivity index (χ0n) is 12.6. The van der Waals surface area contributed by atoms with E-state index in [4.69, 9.17) is 0 Å². The van der Waals surface area contributed by atoms with E-state index in [9.17, 15) is 5.26 Å². The Bertz CT molecular complexity index is 807. The molecule has 1 aromatic carbocycles. The maximum Gasteiger partial charge on any atom is 0.140 e. The molecule has 110 valence electrons. The minimum absolute atomic E-state index is 0.307. The molecule has 22 heavy (non-hydrogen) atoms. The van der Waals surface area contributed by atoms with Crippen LogP contribution in [0.25, 0.3) is 11.4 Å². The zero-order valence-corrected chi connectivity index (χ0v) is 12.6. The van der Waals surface area contributed by atoms with E-state index in [1.807, 2.05) is 65.7 Å². The number of aromatic nitrogens is 4. The van der Waals surface area contributed by atoms with Crippen molar-refractivity contribution in [1.29, 1.82) is 5.26 Å². The number of benzene rings is 1. The molecule has 1 atom stereocenters. The van der Waals surface area contributed by atoms with Crippen molar-refractivity contribution in [1.82, 2.24) is 19.1 Å². The summed E-state index contributed by atoms with van der Waals surface area (Å²) in [4.78, 5) is 8.80. The molecule has 3 rings (SSSR count). The monoisotopic (exact) mass is 291 g/mol. The lowest BCUT2D eigenvalue weighted by atomic mass is 10.2. The first kappa shape index (κ1) is 14.1. The van der Waals surface area contributed by atoms with Crippen molar-refractivity contribution in [3.63, 3.8) is 0 Å². The molecule has 0 amide bonds. The number of hydrogen-bond acceptors (Lipinski definition) is 3. The molecule has 0 aliphatic carbocycles. The summed E-state index contributed by atoms with van der Waals surface area (Å²) in [6, 6.07) is 12.1. The lowest BCUT2D eigenvalue weighted by Gasteiger charge is -2.15. The second-order valence-electron chi connectivity index (χ2n) is 5.25. The van der Waals surface area contributed by atoms with Gasteiger partial charge in [0.1, 0.15) is 17.7 Å². The first-order valence-electron chi connectivity index (χ1n) is 7.17. The highest BCUT2D eigenvalue weighted by atomic mass is 15.1. The maximum atomic E-state index is 9.52. The molecule has 0 spiro atoms. The number of rotatable bonds is 4. The normalized spacial score (nSPS) is 12.0. The van der Waals surface area contributed by atoms with Crippen LogP contribution in [0.1, 0.15) is 17.6 Å². The Morgan fingerprint density at radius 1 is 1.23 bits per heavy atom. The fraction of sp³-hybridized carbons (Fsp3) is 0.235. The van der Waals surface area contributed by atoms with Crippen molar-refractivity contribution in [3.8, 4) is 17.5 Å². The van der Waals surface area contributed by atoms with Gasteiger partial charge in [-0.05, 0) is 13.8 Å². The van der Waals surface area contributed by atoms with Crippen LogP contribution in [0.15, 0.2) is 48.9 Å². The fourth-order valence-electron chi connectivity index (χ4n) is 2.60. The van der Waals surface area contributed by atoms with Crippen LogP contribution in [0, 0.1) is 25.2 Å². The Kier molecular flexibility index (Phi) is 3.75. The third-order valence-electron chi connectivity index (χ3n) is 3.65. The van der Waals surface area contributed by atoms with Crippen molar-refractivity contribution < 1.29 is 0 Å². The van der Waals surface area contributed by atoms with Crippen LogP contribution in [0.4, 0.5) is 0 Å². The number of nitrogens with zero attached hydrogens (tertiary/aromatic N) is 5. The molecule has 0 radical (unpaired) electrons. The molecule has 2 aromatic heterocycles. The maximum absolute atomic E-state index is 9.52. The van der Waals surface area contributed by atoms with Crippen LogP contribution >= 0.6 is 0 Å². The molecule has 0 aliphatic rings. The van der Waals surface area contributed by atoms with E-state index in [1.165, 1.54) is 0 Å². The Hall–Kier alpha value is -2.87. The van der Waals surface area contributed by atoms with Crippen molar-refractivity contribution in [2.45, 2.75) is 26.4 Å². The van der Waals surface area contributed by atoms with Gasteiger partial charge in [0.25, 0.3) is 0 Å². The lowest BCUT2D eigenvalue weighted by molar-refractivity contribution is 0.510. The number of imidazole rings is 2. The average molecular weight is 291 g/mol. The van der Waals surface area contributed by atoms with E-state index in [0.29, 0.717) is 6.54 Å². The summed E-state index contributed by atoms with van der Waals surface area (Å²) < 4.78 is 3.93. The van der Waals surface area contributed by atoms with Crippen molar-refractivity contribution in [3.05, 3.63) is 60.4 Å². The summed E-state index contributed by atoms with van der Waals surface area (Å²) in [6.07, 6.45) is 5.55. The van der Waals surface area contributed by atoms with Crippen LogP contribution in [0.5, 0.6) is 0 Å². The predicted molar refractivity (Wildman–Crippen MR) is 84.0 cm³/mol. The standard InChI is InChI=1S/C17H17N5/c1-13-11-21(17(20-13)15-6-4-3-5-7-15)12-16(10-18)22-9-8-19-14(22)2/h3-9,11,16H,12H2,1-2H3. The zero-order chi connectivity index (χ0) is 15.5. The summed E-state index contributed by atoms with van der Waals surface area (Å²) in [5.74, 6) is 1.72. The van der Waals surface area contributed by atoms with E-state index >= 15 is 0 Å². The second-order valence-corrected chi connectivity index (χ2v) is 5.25. The van der Waals surface area contributed by atoms with Gasteiger partial charge in [0.15, 0.2) is 0 Å². The highest BCUT2D eigenvalue weighted by Crippen LogP contribution is 2.21. The molecule has 0 N–H and O–H groups in total. The van der Waals surface area contributed by atoms with E-state index < -0.39 is 0 Å². The molecule has 2 heterocycles. The molecule has 0 bridgehead atoms. The third-order valence-corrected chi connectivity index (χ3v) is 3.65. The number of nitriles is 1. The van der Waals surface area contributed by atoms with Gasteiger partial charge < -0.3 is 9.13 Å². The molecule has 0 saturated heterocycles.